The maximum absolute atomic E-state index is 10.0. The van der Waals surface area contributed by atoms with Crippen LogP contribution in [0.4, 0.5) is 0 Å². The molecule has 0 saturated heterocycles. The highest BCUT2D eigenvalue weighted by Gasteiger charge is 2.11. The van der Waals surface area contributed by atoms with Gasteiger partial charge < -0.3 is 9.84 Å². The first kappa shape index (κ1) is 13.6. The number of aliphatic hydroxyl groups is 1. The van der Waals surface area contributed by atoms with E-state index in [-0.39, 0.29) is 0 Å². The van der Waals surface area contributed by atoms with Gasteiger partial charge in [0.1, 0.15) is 11.5 Å². The number of para-hydroxylation sites is 1. The van der Waals surface area contributed by atoms with Gasteiger partial charge in [-0.2, -0.15) is 0 Å². The lowest BCUT2D eigenvalue weighted by Gasteiger charge is -2.15. The van der Waals surface area contributed by atoms with E-state index in [9.17, 15) is 5.11 Å². The summed E-state index contributed by atoms with van der Waals surface area (Å²) < 4.78 is 5.91. The van der Waals surface area contributed by atoms with Crippen molar-refractivity contribution in [3.05, 3.63) is 59.2 Å². The van der Waals surface area contributed by atoms with Crippen molar-refractivity contribution >= 4 is 0 Å². The van der Waals surface area contributed by atoms with Crippen molar-refractivity contribution < 1.29 is 9.84 Å². The quantitative estimate of drug-likeness (QED) is 0.870. The number of hydrogen-bond acceptors (Lipinski definition) is 2. The van der Waals surface area contributed by atoms with E-state index >= 15 is 0 Å². The molecule has 0 aliphatic carbocycles. The van der Waals surface area contributed by atoms with Crippen molar-refractivity contribution in [2.45, 2.75) is 33.3 Å². The van der Waals surface area contributed by atoms with Gasteiger partial charge in [-0.3, -0.25) is 0 Å². The Hall–Kier alpha value is -1.80. The van der Waals surface area contributed by atoms with E-state index in [1.165, 1.54) is 11.1 Å². The Morgan fingerprint density at radius 2 is 1.79 bits per heavy atom. The SMILES string of the molecule is CC[C@H](O)c1ccccc1Oc1ccc(C)c(C)c1. The first-order valence-electron chi connectivity index (χ1n) is 6.64. The van der Waals surface area contributed by atoms with Crippen LogP contribution in [0.2, 0.25) is 0 Å². The van der Waals surface area contributed by atoms with Crippen LogP contribution in [0.25, 0.3) is 0 Å². The van der Waals surface area contributed by atoms with Crippen molar-refractivity contribution in [2.75, 3.05) is 0 Å². The fourth-order valence-corrected chi connectivity index (χ4v) is 1.97. The normalized spacial score (nSPS) is 12.2. The zero-order valence-corrected chi connectivity index (χ0v) is 11.7. The molecule has 0 aromatic heterocycles. The van der Waals surface area contributed by atoms with Crippen LogP contribution < -0.4 is 4.74 Å². The van der Waals surface area contributed by atoms with Gasteiger partial charge in [0.25, 0.3) is 0 Å². The van der Waals surface area contributed by atoms with Crippen LogP contribution in [0.3, 0.4) is 0 Å². The molecule has 2 aromatic carbocycles. The summed E-state index contributed by atoms with van der Waals surface area (Å²) >= 11 is 0. The molecular formula is C17H20O2. The molecule has 1 N–H and O–H groups in total. The van der Waals surface area contributed by atoms with Gasteiger partial charge in [0, 0.05) is 5.56 Å². The fraction of sp³-hybridized carbons (Fsp3) is 0.294. The van der Waals surface area contributed by atoms with Gasteiger partial charge in [-0.15, -0.1) is 0 Å². The highest BCUT2D eigenvalue weighted by atomic mass is 16.5. The summed E-state index contributed by atoms with van der Waals surface area (Å²) in [7, 11) is 0. The standard InChI is InChI=1S/C17H20O2/c1-4-16(18)15-7-5-6-8-17(15)19-14-10-9-12(2)13(3)11-14/h5-11,16,18H,4H2,1-3H3/t16-/m0/s1. The molecule has 0 radical (unpaired) electrons. The van der Waals surface area contributed by atoms with Crippen LogP contribution in [-0.4, -0.2) is 5.11 Å². The Bertz CT molecular complexity index is 561. The van der Waals surface area contributed by atoms with Gasteiger partial charge in [0.2, 0.25) is 0 Å². The zero-order valence-electron chi connectivity index (χ0n) is 11.7. The predicted octanol–water partition coefficient (Wildman–Crippen LogP) is 4.54. The molecule has 2 nitrogen and oxygen atoms in total. The Kier molecular flexibility index (Phi) is 4.23. The molecule has 0 aliphatic rings. The Morgan fingerprint density at radius 1 is 1.05 bits per heavy atom. The molecule has 100 valence electrons. The molecule has 0 saturated carbocycles. The van der Waals surface area contributed by atoms with E-state index < -0.39 is 6.10 Å². The molecule has 0 amide bonds. The summed E-state index contributed by atoms with van der Waals surface area (Å²) in [5, 5.41) is 10.0. The second-order valence-corrected chi connectivity index (χ2v) is 4.81. The van der Waals surface area contributed by atoms with Crippen LogP contribution in [-0.2, 0) is 0 Å². The molecule has 0 unspecified atom stereocenters. The first-order valence-corrected chi connectivity index (χ1v) is 6.64. The highest BCUT2D eigenvalue weighted by molar-refractivity contribution is 5.41. The molecule has 1 atom stereocenters. The molecule has 2 rings (SSSR count). The second-order valence-electron chi connectivity index (χ2n) is 4.81. The Labute approximate surface area is 114 Å². The maximum atomic E-state index is 10.0. The van der Waals surface area contributed by atoms with Crippen LogP contribution in [0, 0.1) is 13.8 Å². The smallest absolute Gasteiger partial charge is 0.133 e. The van der Waals surface area contributed by atoms with E-state index in [4.69, 9.17) is 4.74 Å². The number of hydrogen-bond donors (Lipinski definition) is 1. The zero-order chi connectivity index (χ0) is 13.8. The van der Waals surface area contributed by atoms with E-state index in [0.717, 1.165) is 17.1 Å². The molecule has 0 bridgehead atoms. The summed E-state index contributed by atoms with van der Waals surface area (Å²) in [5.74, 6) is 1.53. The lowest BCUT2D eigenvalue weighted by Crippen LogP contribution is -1.98. The summed E-state index contributed by atoms with van der Waals surface area (Å²) in [6.07, 6.45) is 0.190. The van der Waals surface area contributed by atoms with Gasteiger partial charge in [-0.05, 0) is 49.6 Å². The topological polar surface area (TPSA) is 29.5 Å². The number of aliphatic hydroxyl groups excluding tert-OH is 1. The molecule has 0 heterocycles. The lowest BCUT2D eigenvalue weighted by atomic mass is 10.1. The second kappa shape index (κ2) is 5.89. The molecule has 0 spiro atoms. The van der Waals surface area contributed by atoms with E-state index in [1.807, 2.05) is 49.4 Å². The van der Waals surface area contributed by atoms with E-state index in [2.05, 4.69) is 13.8 Å². The van der Waals surface area contributed by atoms with Crippen molar-refractivity contribution in [3.8, 4) is 11.5 Å². The number of rotatable bonds is 4. The number of ether oxygens (including phenoxy) is 1. The maximum Gasteiger partial charge on any atom is 0.133 e. The molecule has 19 heavy (non-hydrogen) atoms. The van der Waals surface area contributed by atoms with Gasteiger partial charge in [-0.25, -0.2) is 0 Å². The van der Waals surface area contributed by atoms with E-state index in [0.29, 0.717) is 6.42 Å². The van der Waals surface area contributed by atoms with Crippen LogP contribution in [0.5, 0.6) is 11.5 Å². The van der Waals surface area contributed by atoms with Gasteiger partial charge in [0.05, 0.1) is 6.10 Å². The number of benzene rings is 2. The van der Waals surface area contributed by atoms with Crippen LogP contribution >= 0.6 is 0 Å². The van der Waals surface area contributed by atoms with Gasteiger partial charge in [0.15, 0.2) is 0 Å². The average Bonchev–Trinajstić information content (AvgIpc) is 2.43. The van der Waals surface area contributed by atoms with Crippen molar-refractivity contribution in [1.29, 1.82) is 0 Å². The molecule has 0 fully saturated rings. The summed E-state index contributed by atoms with van der Waals surface area (Å²) in [6.45, 7) is 6.10. The molecular weight excluding hydrogens is 236 g/mol. The molecule has 2 heteroatoms. The molecule has 0 aliphatic heterocycles. The van der Waals surface area contributed by atoms with Crippen molar-refractivity contribution in [1.82, 2.24) is 0 Å². The van der Waals surface area contributed by atoms with Gasteiger partial charge >= 0.3 is 0 Å². The third kappa shape index (κ3) is 3.15. The largest absolute Gasteiger partial charge is 0.457 e. The predicted molar refractivity (Wildman–Crippen MR) is 77.7 cm³/mol. The summed E-state index contributed by atoms with van der Waals surface area (Å²) in [6, 6.07) is 13.7. The van der Waals surface area contributed by atoms with Gasteiger partial charge in [-0.1, -0.05) is 31.2 Å². The summed E-state index contributed by atoms with van der Waals surface area (Å²) in [4.78, 5) is 0. The fourth-order valence-electron chi connectivity index (χ4n) is 1.97. The van der Waals surface area contributed by atoms with Crippen LogP contribution in [0.15, 0.2) is 42.5 Å². The minimum Gasteiger partial charge on any atom is -0.457 e. The van der Waals surface area contributed by atoms with Crippen molar-refractivity contribution in [2.24, 2.45) is 0 Å². The third-order valence-electron chi connectivity index (χ3n) is 3.37. The third-order valence-corrected chi connectivity index (χ3v) is 3.37. The number of aryl methyl sites for hydroxylation is 2. The first-order chi connectivity index (χ1) is 9.11. The van der Waals surface area contributed by atoms with Crippen LogP contribution in [0.1, 0.15) is 36.1 Å². The highest BCUT2D eigenvalue weighted by Crippen LogP contribution is 2.31. The minimum atomic E-state index is -0.484. The minimum absolute atomic E-state index is 0.484. The van der Waals surface area contributed by atoms with Crippen molar-refractivity contribution in [3.63, 3.8) is 0 Å². The average molecular weight is 256 g/mol. The lowest BCUT2D eigenvalue weighted by molar-refractivity contribution is 0.170. The Morgan fingerprint density at radius 3 is 2.47 bits per heavy atom. The monoisotopic (exact) mass is 256 g/mol. The van der Waals surface area contributed by atoms with E-state index in [1.54, 1.807) is 0 Å². The Balaban J connectivity index is 2.30. The molecule has 2 aromatic rings. The summed E-state index contributed by atoms with van der Waals surface area (Å²) in [5.41, 5.74) is 3.28.